The summed E-state index contributed by atoms with van der Waals surface area (Å²) >= 11 is 5.77. The Hall–Kier alpha value is -2.21. The predicted molar refractivity (Wildman–Crippen MR) is 70.3 cm³/mol. The lowest BCUT2D eigenvalue weighted by atomic mass is 10.1. The van der Waals surface area contributed by atoms with E-state index < -0.39 is 4.92 Å². The molecular formula is C12H10ClN3O3. The Balaban J connectivity index is 2.65. The number of halogens is 1. The molecule has 19 heavy (non-hydrogen) atoms. The average Bonchev–Trinajstić information content (AvgIpc) is 2.39. The molecule has 7 heteroatoms. The monoisotopic (exact) mass is 279 g/mol. The molecule has 2 aromatic rings. The molecule has 1 heterocycles. The maximum Gasteiger partial charge on any atom is 0.332 e. The second-order valence-electron chi connectivity index (χ2n) is 3.55. The van der Waals surface area contributed by atoms with Crippen molar-refractivity contribution < 1.29 is 9.66 Å². The van der Waals surface area contributed by atoms with Crippen LogP contribution in [-0.2, 0) is 0 Å². The van der Waals surface area contributed by atoms with Crippen LogP contribution in [0, 0.1) is 10.1 Å². The zero-order valence-electron chi connectivity index (χ0n) is 10.0. The summed E-state index contributed by atoms with van der Waals surface area (Å²) in [7, 11) is 0. The van der Waals surface area contributed by atoms with Crippen LogP contribution in [0.1, 0.15) is 6.92 Å². The Morgan fingerprint density at radius 3 is 2.79 bits per heavy atom. The fourth-order valence-corrected chi connectivity index (χ4v) is 1.86. The number of nitrogens with zero attached hydrogens (tertiary/aromatic N) is 3. The van der Waals surface area contributed by atoms with E-state index in [1.165, 1.54) is 6.33 Å². The molecule has 0 fully saturated rings. The van der Waals surface area contributed by atoms with Gasteiger partial charge in [0.2, 0.25) is 5.15 Å². The number of ether oxygens (including phenoxy) is 1. The van der Waals surface area contributed by atoms with Crippen molar-refractivity contribution in [2.24, 2.45) is 0 Å². The highest BCUT2D eigenvalue weighted by Crippen LogP contribution is 2.37. The van der Waals surface area contributed by atoms with E-state index in [1.54, 1.807) is 24.3 Å². The van der Waals surface area contributed by atoms with Gasteiger partial charge >= 0.3 is 5.69 Å². The van der Waals surface area contributed by atoms with Crippen molar-refractivity contribution in [2.75, 3.05) is 6.61 Å². The van der Waals surface area contributed by atoms with E-state index >= 15 is 0 Å². The Morgan fingerprint density at radius 2 is 2.11 bits per heavy atom. The first-order valence-corrected chi connectivity index (χ1v) is 5.90. The maximum atomic E-state index is 11.1. The van der Waals surface area contributed by atoms with Gasteiger partial charge in [0.05, 0.1) is 11.5 Å². The highest BCUT2D eigenvalue weighted by molar-refractivity contribution is 6.31. The Morgan fingerprint density at radius 1 is 1.37 bits per heavy atom. The van der Waals surface area contributed by atoms with E-state index in [-0.39, 0.29) is 16.5 Å². The summed E-state index contributed by atoms with van der Waals surface area (Å²) in [5.41, 5.74) is 0.339. The number of benzene rings is 1. The van der Waals surface area contributed by atoms with Gasteiger partial charge in [-0.05, 0) is 19.1 Å². The van der Waals surface area contributed by atoms with Crippen LogP contribution in [0.25, 0.3) is 11.3 Å². The quantitative estimate of drug-likeness (QED) is 0.488. The Bertz CT molecular complexity index is 619. The van der Waals surface area contributed by atoms with E-state index in [1.807, 2.05) is 6.92 Å². The highest BCUT2D eigenvalue weighted by Gasteiger charge is 2.24. The fraction of sp³-hybridized carbons (Fsp3) is 0.167. The van der Waals surface area contributed by atoms with Gasteiger partial charge in [-0.2, -0.15) is 0 Å². The van der Waals surface area contributed by atoms with E-state index in [9.17, 15) is 10.1 Å². The van der Waals surface area contributed by atoms with Gasteiger partial charge in [0.1, 0.15) is 12.1 Å². The summed E-state index contributed by atoms with van der Waals surface area (Å²) < 4.78 is 5.44. The minimum absolute atomic E-state index is 0.147. The van der Waals surface area contributed by atoms with Crippen molar-refractivity contribution in [3.05, 3.63) is 45.9 Å². The van der Waals surface area contributed by atoms with Crippen molar-refractivity contribution in [1.82, 2.24) is 9.97 Å². The first kappa shape index (κ1) is 13.2. The van der Waals surface area contributed by atoms with Gasteiger partial charge in [0.25, 0.3) is 0 Å². The van der Waals surface area contributed by atoms with Gasteiger partial charge in [-0.25, -0.2) is 9.97 Å². The van der Waals surface area contributed by atoms with E-state index in [2.05, 4.69) is 9.97 Å². The molecule has 0 aliphatic heterocycles. The van der Waals surface area contributed by atoms with E-state index in [0.29, 0.717) is 17.9 Å². The number of para-hydroxylation sites is 1. The number of nitro groups is 1. The molecule has 0 aliphatic carbocycles. The largest absolute Gasteiger partial charge is 0.493 e. The Labute approximate surface area is 114 Å². The minimum atomic E-state index is -0.597. The standard InChI is InChI=1S/C12H10ClN3O3/c1-2-19-9-6-4-3-5-8(9)10-11(16(17)18)12(13)15-7-14-10/h3-7H,2H2,1H3. The summed E-state index contributed by atoms with van der Waals surface area (Å²) in [5.74, 6) is 0.517. The van der Waals surface area contributed by atoms with Crippen LogP contribution in [-0.4, -0.2) is 21.5 Å². The van der Waals surface area contributed by atoms with Crippen molar-refractivity contribution >= 4 is 17.3 Å². The predicted octanol–water partition coefficient (Wildman–Crippen LogP) is 3.10. The molecular weight excluding hydrogens is 270 g/mol. The molecule has 0 N–H and O–H groups in total. The first-order valence-electron chi connectivity index (χ1n) is 5.52. The fourth-order valence-electron chi connectivity index (χ4n) is 1.66. The van der Waals surface area contributed by atoms with Crippen LogP contribution in [0.5, 0.6) is 5.75 Å². The molecule has 1 aromatic carbocycles. The van der Waals surface area contributed by atoms with Gasteiger partial charge < -0.3 is 4.74 Å². The zero-order valence-corrected chi connectivity index (χ0v) is 10.8. The molecule has 2 rings (SSSR count). The normalized spacial score (nSPS) is 10.2. The van der Waals surface area contributed by atoms with E-state index in [4.69, 9.17) is 16.3 Å². The lowest BCUT2D eigenvalue weighted by Gasteiger charge is -2.09. The second kappa shape index (κ2) is 5.62. The molecule has 0 bridgehead atoms. The zero-order chi connectivity index (χ0) is 13.8. The van der Waals surface area contributed by atoms with Crippen LogP contribution in [0.2, 0.25) is 5.15 Å². The topological polar surface area (TPSA) is 78.2 Å². The molecule has 0 amide bonds. The van der Waals surface area contributed by atoms with Crippen LogP contribution < -0.4 is 4.74 Å². The van der Waals surface area contributed by atoms with Crippen molar-refractivity contribution in [2.45, 2.75) is 6.92 Å². The molecule has 0 radical (unpaired) electrons. The lowest BCUT2D eigenvalue weighted by Crippen LogP contribution is -2.00. The summed E-state index contributed by atoms with van der Waals surface area (Å²) in [6, 6.07) is 6.94. The van der Waals surface area contributed by atoms with Crippen molar-refractivity contribution in [1.29, 1.82) is 0 Å². The lowest BCUT2D eigenvalue weighted by molar-refractivity contribution is -0.384. The molecule has 1 aromatic heterocycles. The third kappa shape index (κ3) is 2.63. The number of hydrogen-bond acceptors (Lipinski definition) is 5. The summed E-state index contributed by atoms with van der Waals surface area (Å²) in [6.45, 7) is 2.28. The molecule has 6 nitrogen and oxygen atoms in total. The van der Waals surface area contributed by atoms with Crippen LogP contribution >= 0.6 is 11.6 Å². The Kier molecular flexibility index (Phi) is 3.91. The van der Waals surface area contributed by atoms with Gasteiger partial charge in [-0.3, -0.25) is 10.1 Å². The third-order valence-electron chi connectivity index (χ3n) is 2.40. The number of aromatic nitrogens is 2. The molecule has 0 saturated carbocycles. The molecule has 0 unspecified atom stereocenters. The molecule has 0 saturated heterocycles. The van der Waals surface area contributed by atoms with Gasteiger partial charge in [-0.1, -0.05) is 23.7 Å². The smallest absolute Gasteiger partial charge is 0.332 e. The molecule has 0 spiro atoms. The first-order chi connectivity index (χ1) is 9.15. The van der Waals surface area contributed by atoms with Gasteiger partial charge in [-0.15, -0.1) is 0 Å². The van der Waals surface area contributed by atoms with Crippen LogP contribution in [0.15, 0.2) is 30.6 Å². The number of hydrogen-bond donors (Lipinski definition) is 0. The molecule has 98 valence electrons. The summed E-state index contributed by atoms with van der Waals surface area (Å²) in [6.07, 6.45) is 1.19. The highest BCUT2D eigenvalue weighted by atomic mass is 35.5. The minimum Gasteiger partial charge on any atom is -0.493 e. The summed E-state index contributed by atoms with van der Waals surface area (Å²) in [5, 5.41) is 10.9. The van der Waals surface area contributed by atoms with Gasteiger partial charge in [0, 0.05) is 5.56 Å². The van der Waals surface area contributed by atoms with Crippen LogP contribution in [0.4, 0.5) is 5.69 Å². The number of rotatable bonds is 4. The van der Waals surface area contributed by atoms with Crippen molar-refractivity contribution in [3.63, 3.8) is 0 Å². The van der Waals surface area contributed by atoms with E-state index in [0.717, 1.165) is 0 Å². The SMILES string of the molecule is CCOc1ccccc1-c1ncnc(Cl)c1[N+](=O)[O-]. The molecule has 0 aliphatic rings. The summed E-state index contributed by atoms with van der Waals surface area (Å²) in [4.78, 5) is 18.1. The van der Waals surface area contributed by atoms with Gasteiger partial charge in [0.15, 0.2) is 5.69 Å². The average molecular weight is 280 g/mol. The maximum absolute atomic E-state index is 11.1. The third-order valence-corrected chi connectivity index (χ3v) is 2.68. The molecule has 0 atom stereocenters. The second-order valence-corrected chi connectivity index (χ2v) is 3.91. The van der Waals surface area contributed by atoms with Crippen LogP contribution in [0.3, 0.4) is 0 Å². The van der Waals surface area contributed by atoms with Crippen molar-refractivity contribution in [3.8, 4) is 17.0 Å².